The molecule has 0 heterocycles. The summed E-state index contributed by atoms with van der Waals surface area (Å²) in [6.45, 7) is 0. The summed E-state index contributed by atoms with van der Waals surface area (Å²) in [5.74, 6) is 0. The molecule has 60 valence electrons. The number of hydrogen-bond acceptors (Lipinski definition) is 2. The van der Waals surface area contributed by atoms with Crippen LogP contribution in [0.4, 0.5) is 0 Å². The van der Waals surface area contributed by atoms with Gasteiger partial charge in [0, 0.05) is 33.3 Å². The standard InChI is InChI=1S/Co.Mn.Ni.3H2O.2O/h;;;3*1H2;;/q;+2;;;;;;/p-2. The summed E-state index contributed by atoms with van der Waals surface area (Å²) in [6, 6.07) is 0. The maximum atomic E-state index is 8.80. The van der Waals surface area contributed by atoms with Gasteiger partial charge in [0.2, 0.25) is 0 Å². The second kappa shape index (κ2) is 8.00. The Morgan fingerprint density at radius 2 is 1.12 bits per heavy atom. The van der Waals surface area contributed by atoms with Gasteiger partial charge < -0.3 is 5.48 Å². The second-order valence-corrected chi connectivity index (χ2v) is 1.71. The van der Waals surface area contributed by atoms with Crippen LogP contribution < -0.4 is 0 Å². The molecule has 0 spiro atoms. The Morgan fingerprint density at radius 3 is 1.12 bits per heavy atom. The molecule has 0 saturated heterocycles. The summed E-state index contributed by atoms with van der Waals surface area (Å²) in [5.41, 5.74) is 0. The van der Waals surface area contributed by atoms with Gasteiger partial charge in [-0.05, 0) is 0 Å². The van der Waals surface area contributed by atoms with Crippen molar-refractivity contribution in [2.24, 2.45) is 0 Å². The summed E-state index contributed by atoms with van der Waals surface area (Å²) in [5, 5.41) is 0. The average Bonchev–Trinajstić information content (AvgIpc) is 0.722. The molecule has 0 aliphatic rings. The van der Waals surface area contributed by atoms with E-state index in [4.69, 9.17) is 16.0 Å². The third-order valence-corrected chi connectivity index (χ3v) is 0. The molecule has 0 bridgehead atoms. The maximum absolute atomic E-state index is 8.80. The molecule has 0 aromatic heterocycles. The molecular weight excluding hydrogens is 253 g/mol. The first kappa shape index (κ1) is 23.0. The Hall–Kier alpha value is 0.999. The van der Waals surface area contributed by atoms with E-state index in [0.29, 0.717) is 0 Å². The summed E-state index contributed by atoms with van der Waals surface area (Å²) < 4.78 is 31.8. The predicted molar refractivity (Wildman–Crippen MR) is 9.42 cm³/mol. The zero-order chi connectivity index (χ0) is 4.50. The van der Waals surface area contributed by atoms with Crippen LogP contribution in [0.15, 0.2) is 0 Å². The van der Waals surface area contributed by atoms with E-state index in [2.05, 4.69) is 0 Å². The Bertz CT molecular complexity index is 95.6. The minimum absolute atomic E-state index is 0. The third-order valence-electron chi connectivity index (χ3n) is 0. The predicted octanol–water partition coefficient (Wildman–Crippen LogP) is -2.18. The Morgan fingerprint density at radius 1 is 1.12 bits per heavy atom. The monoisotopic (exact) mass is 256 g/mol. The first-order valence-corrected chi connectivity index (χ1v) is 2.67. The van der Waals surface area contributed by atoms with Crippen molar-refractivity contribution in [1.82, 2.24) is 0 Å². The van der Waals surface area contributed by atoms with Gasteiger partial charge in [0.1, 0.15) is 0 Å². The van der Waals surface area contributed by atoms with Crippen LogP contribution in [0.1, 0.15) is 0 Å². The molecule has 0 aliphatic carbocycles. The van der Waals surface area contributed by atoms with Crippen molar-refractivity contribution in [3.8, 4) is 0 Å². The van der Waals surface area contributed by atoms with Gasteiger partial charge in [-0.3, -0.25) is 0 Å². The van der Waals surface area contributed by atoms with Gasteiger partial charge in [-0.15, -0.1) is 0 Å². The topological polar surface area (TPSA) is 106 Å². The molecule has 8 heteroatoms. The van der Waals surface area contributed by atoms with Crippen LogP contribution >= 0.6 is 0 Å². The zero-order valence-corrected chi connectivity index (χ0v) is 6.45. The third kappa shape index (κ3) is 252. The van der Waals surface area contributed by atoms with E-state index in [9.17, 15) is 0 Å². The fraction of sp³-hybridized carbons (Fsp3) is 0. The van der Waals surface area contributed by atoms with Crippen LogP contribution in [0.5, 0.6) is 0 Å². The van der Waals surface area contributed by atoms with Crippen molar-refractivity contribution in [3.05, 3.63) is 0 Å². The Kier molecular flexibility index (Phi) is 23.0. The van der Waals surface area contributed by atoms with Crippen LogP contribution in [0.25, 0.3) is 0 Å². The van der Waals surface area contributed by atoms with Crippen LogP contribution in [-0.4, -0.2) is 13.9 Å². The van der Waals surface area contributed by atoms with Crippen LogP contribution in [-0.2, 0) is 54.3 Å². The van der Waals surface area contributed by atoms with Crippen LogP contribution in [0, 0.1) is 0 Å². The van der Waals surface area contributed by atoms with Crippen LogP contribution in [0.2, 0.25) is 0 Å². The van der Waals surface area contributed by atoms with Gasteiger partial charge in [0.15, 0.2) is 0 Å². The first-order valence-electron chi connectivity index (χ1n) is 0.647. The van der Waals surface area contributed by atoms with E-state index in [-0.39, 0.29) is 38.7 Å². The molecule has 4 N–H and O–H groups in total. The number of rotatable bonds is 0. The fourth-order valence-corrected chi connectivity index (χ4v) is 0. The van der Waals surface area contributed by atoms with E-state index in [0.717, 1.165) is 0 Å². The van der Waals surface area contributed by atoms with E-state index in [1.807, 2.05) is 0 Å². The summed E-state index contributed by atoms with van der Waals surface area (Å²) in [4.78, 5) is 0. The quantitative estimate of drug-likeness (QED) is 0.480. The molecule has 0 aromatic carbocycles. The van der Waals surface area contributed by atoms with Gasteiger partial charge in [0.25, 0.3) is 0 Å². The number of hydrogen-bond donors (Lipinski definition) is 2. The molecule has 0 atom stereocenters. The van der Waals surface area contributed by atoms with Gasteiger partial charge in [-0.1, -0.05) is 0 Å². The van der Waals surface area contributed by atoms with Gasteiger partial charge in [-0.25, -0.2) is 0 Å². The van der Waals surface area contributed by atoms with Crippen molar-refractivity contribution in [3.63, 3.8) is 0 Å². The van der Waals surface area contributed by atoms with Gasteiger partial charge >= 0.3 is 29.4 Å². The summed E-state index contributed by atoms with van der Waals surface area (Å²) >= 11 is -5.12. The van der Waals surface area contributed by atoms with Crippen molar-refractivity contribution in [1.29, 1.82) is 0 Å². The van der Waals surface area contributed by atoms with E-state index < -0.39 is 13.4 Å². The van der Waals surface area contributed by atoms with E-state index in [1.54, 1.807) is 0 Å². The van der Waals surface area contributed by atoms with Crippen molar-refractivity contribution < 1.29 is 68.2 Å². The minimum atomic E-state index is -5.12. The van der Waals surface area contributed by atoms with Crippen molar-refractivity contribution in [2.45, 2.75) is 0 Å². The van der Waals surface area contributed by atoms with E-state index in [1.165, 1.54) is 0 Å². The summed E-state index contributed by atoms with van der Waals surface area (Å²) in [6.07, 6.45) is 0. The molecule has 8 heavy (non-hydrogen) atoms. The molecule has 5 nitrogen and oxygen atoms in total. The van der Waals surface area contributed by atoms with Crippen molar-refractivity contribution in [2.75, 3.05) is 0 Å². The zero-order valence-electron chi connectivity index (χ0n) is 3.24. The molecular formula is H4CoMnNiO5. The van der Waals surface area contributed by atoms with Gasteiger partial charge in [-0.2, -0.15) is 0 Å². The first-order chi connectivity index (χ1) is 2.00. The molecule has 0 fully saturated rings. The average molecular weight is 257 g/mol. The molecule has 0 aliphatic heterocycles. The summed E-state index contributed by atoms with van der Waals surface area (Å²) in [7, 11) is 0. The normalized spacial score (nSPS) is 7.25. The van der Waals surface area contributed by atoms with E-state index >= 15 is 0 Å². The molecule has 0 unspecified atom stereocenters. The Balaban J connectivity index is -0.0000000267. The Labute approximate surface area is 68.2 Å². The molecule has 0 rings (SSSR count). The fourth-order valence-electron chi connectivity index (χ4n) is 0. The van der Waals surface area contributed by atoms with Gasteiger partial charge in [0.05, 0.1) is 0 Å². The molecule has 1 radical (unpaired) electrons. The van der Waals surface area contributed by atoms with Crippen molar-refractivity contribution >= 4 is 0 Å². The SMILES string of the molecule is O.[Co].[Ni].[O]=[Mn](=[O])([OH])[OH]. The molecule has 0 saturated carbocycles. The van der Waals surface area contributed by atoms with Crippen LogP contribution in [0.3, 0.4) is 0 Å². The second-order valence-electron chi connectivity index (χ2n) is 0.415. The molecule has 0 aromatic rings. The molecule has 0 amide bonds.